The Kier molecular flexibility index (Phi) is 1.66. The second-order valence-electron chi connectivity index (χ2n) is 2.61. The number of nitrogens with one attached hydrogen (secondary N) is 1. The van der Waals surface area contributed by atoms with Crippen molar-refractivity contribution in [1.29, 1.82) is 5.41 Å². The molecule has 8 heavy (non-hydrogen) atoms. The van der Waals surface area contributed by atoms with Crippen molar-refractivity contribution in [2.75, 3.05) is 0 Å². The van der Waals surface area contributed by atoms with Crippen molar-refractivity contribution in [3.05, 3.63) is 0 Å². The lowest BCUT2D eigenvalue weighted by Crippen LogP contribution is -1.80. The topological polar surface area (TPSA) is 23.9 Å². The molecule has 0 bridgehead atoms. The van der Waals surface area contributed by atoms with E-state index in [1.165, 1.54) is 19.3 Å². The van der Waals surface area contributed by atoms with Crippen molar-refractivity contribution in [1.82, 2.24) is 0 Å². The summed E-state index contributed by atoms with van der Waals surface area (Å²) < 4.78 is 0. The molecule has 0 heterocycles. The second-order valence-corrected chi connectivity index (χ2v) is 2.61. The highest BCUT2D eigenvalue weighted by Gasteiger charge is 2.33. The Morgan fingerprint density at radius 2 is 2.50 bits per heavy atom. The zero-order chi connectivity index (χ0) is 5.98. The van der Waals surface area contributed by atoms with Gasteiger partial charge in [0.25, 0.3) is 0 Å². The molecule has 0 amide bonds. The van der Waals surface area contributed by atoms with Crippen LogP contribution in [0.5, 0.6) is 0 Å². The molecule has 1 aliphatic carbocycles. The minimum absolute atomic E-state index is 0.662. The Morgan fingerprint density at radius 3 is 2.88 bits per heavy atom. The van der Waals surface area contributed by atoms with E-state index in [-0.39, 0.29) is 0 Å². The molecule has 0 spiro atoms. The molecule has 1 heteroatoms. The highest BCUT2D eigenvalue weighted by molar-refractivity contribution is 5.60. The maximum Gasteiger partial charge on any atom is -0.00139 e. The van der Waals surface area contributed by atoms with E-state index >= 15 is 0 Å². The zero-order valence-corrected chi connectivity index (χ0v) is 5.35. The first-order valence-corrected chi connectivity index (χ1v) is 3.39. The molecule has 0 saturated heterocycles. The first kappa shape index (κ1) is 5.80. The summed E-state index contributed by atoms with van der Waals surface area (Å²) >= 11 is 0. The normalized spacial score (nSPS) is 34.6. The highest BCUT2D eigenvalue weighted by Crippen LogP contribution is 2.39. The molecule has 2 atom stereocenters. The van der Waals surface area contributed by atoms with Gasteiger partial charge < -0.3 is 5.41 Å². The largest absolute Gasteiger partial charge is 0.313 e. The van der Waals surface area contributed by atoms with Gasteiger partial charge in [0.2, 0.25) is 0 Å². The predicted molar refractivity (Wildman–Crippen MR) is 35.3 cm³/mol. The van der Waals surface area contributed by atoms with Crippen LogP contribution in [-0.4, -0.2) is 6.21 Å². The van der Waals surface area contributed by atoms with E-state index in [1.807, 2.05) is 0 Å². The SMILES string of the molecule is CCCC1CC1C=N. The molecular weight excluding hydrogens is 98.1 g/mol. The lowest BCUT2D eigenvalue weighted by molar-refractivity contribution is 0.689. The van der Waals surface area contributed by atoms with Crippen LogP contribution in [0.4, 0.5) is 0 Å². The minimum Gasteiger partial charge on any atom is -0.313 e. The average Bonchev–Trinajstić information content (AvgIpc) is 2.48. The van der Waals surface area contributed by atoms with Crippen LogP contribution in [0.2, 0.25) is 0 Å². The van der Waals surface area contributed by atoms with Crippen molar-refractivity contribution in [2.45, 2.75) is 26.2 Å². The first-order valence-electron chi connectivity index (χ1n) is 3.39. The summed E-state index contributed by atoms with van der Waals surface area (Å²) in [7, 11) is 0. The van der Waals surface area contributed by atoms with E-state index in [1.54, 1.807) is 6.21 Å². The molecule has 1 N–H and O–H groups in total. The third-order valence-electron chi connectivity index (χ3n) is 1.85. The van der Waals surface area contributed by atoms with Gasteiger partial charge in [-0.1, -0.05) is 19.8 Å². The molecule has 1 saturated carbocycles. The molecule has 46 valence electrons. The van der Waals surface area contributed by atoms with Gasteiger partial charge in [0.15, 0.2) is 0 Å². The van der Waals surface area contributed by atoms with Crippen molar-refractivity contribution in [2.24, 2.45) is 11.8 Å². The maximum absolute atomic E-state index is 6.90. The van der Waals surface area contributed by atoms with E-state index in [4.69, 9.17) is 5.41 Å². The number of hydrogen-bond acceptors (Lipinski definition) is 1. The van der Waals surface area contributed by atoms with E-state index in [0.717, 1.165) is 5.92 Å². The van der Waals surface area contributed by atoms with E-state index in [2.05, 4.69) is 6.92 Å². The number of rotatable bonds is 3. The van der Waals surface area contributed by atoms with Gasteiger partial charge in [0, 0.05) is 0 Å². The van der Waals surface area contributed by atoms with Crippen LogP contribution >= 0.6 is 0 Å². The molecule has 0 aromatic heterocycles. The van der Waals surface area contributed by atoms with Crippen LogP contribution in [-0.2, 0) is 0 Å². The summed E-state index contributed by atoms with van der Waals surface area (Å²) in [4.78, 5) is 0. The summed E-state index contributed by atoms with van der Waals surface area (Å²) in [6.45, 7) is 2.21. The Balaban J connectivity index is 2.07. The van der Waals surface area contributed by atoms with Gasteiger partial charge in [-0.15, -0.1) is 0 Å². The standard InChI is InChI=1S/C7H13N/c1-2-3-6-4-7(6)5-8/h5-8H,2-4H2,1H3. The molecule has 1 aliphatic rings. The van der Waals surface area contributed by atoms with Crippen molar-refractivity contribution >= 4 is 6.21 Å². The van der Waals surface area contributed by atoms with Gasteiger partial charge in [-0.2, -0.15) is 0 Å². The van der Waals surface area contributed by atoms with Gasteiger partial charge in [0.05, 0.1) is 0 Å². The Bertz CT molecular complexity index is 88.4. The molecule has 1 fully saturated rings. The molecule has 1 rings (SSSR count). The Hall–Kier alpha value is -0.330. The molecule has 1 nitrogen and oxygen atoms in total. The predicted octanol–water partition coefficient (Wildman–Crippen LogP) is 2.07. The van der Waals surface area contributed by atoms with Crippen molar-refractivity contribution in [3.8, 4) is 0 Å². The van der Waals surface area contributed by atoms with E-state index < -0.39 is 0 Å². The summed E-state index contributed by atoms with van der Waals surface area (Å²) in [5.74, 6) is 1.55. The van der Waals surface area contributed by atoms with Crippen LogP contribution < -0.4 is 0 Å². The van der Waals surface area contributed by atoms with Crippen molar-refractivity contribution < 1.29 is 0 Å². The fraction of sp³-hybridized carbons (Fsp3) is 0.857. The molecule has 0 aliphatic heterocycles. The summed E-state index contributed by atoms with van der Waals surface area (Å²) in [6, 6.07) is 0. The van der Waals surface area contributed by atoms with Crippen LogP contribution in [0.25, 0.3) is 0 Å². The third kappa shape index (κ3) is 1.09. The van der Waals surface area contributed by atoms with Crippen LogP contribution in [0.1, 0.15) is 26.2 Å². The summed E-state index contributed by atoms with van der Waals surface area (Å²) in [5, 5.41) is 6.90. The molecule has 2 unspecified atom stereocenters. The van der Waals surface area contributed by atoms with Gasteiger partial charge >= 0.3 is 0 Å². The van der Waals surface area contributed by atoms with Gasteiger partial charge in [0.1, 0.15) is 0 Å². The van der Waals surface area contributed by atoms with Crippen LogP contribution in [0.15, 0.2) is 0 Å². The monoisotopic (exact) mass is 111 g/mol. The maximum atomic E-state index is 6.90. The summed E-state index contributed by atoms with van der Waals surface area (Å²) in [5.41, 5.74) is 0. The molecule has 0 radical (unpaired) electrons. The van der Waals surface area contributed by atoms with Gasteiger partial charge in [-0.05, 0) is 24.5 Å². The van der Waals surface area contributed by atoms with Gasteiger partial charge in [-0.3, -0.25) is 0 Å². The highest BCUT2D eigenvalue weighted by atomic mass is 14.5. The van der Waals surface area contributed by atoms with Gasteiger partial charge in [-0.25, -0.2) is 0 Å². The Morgan fingerprint density at radius 1 is 1.75 bits per heavy atom. The Labute approximate surface area is 50.6 Å². The first-order chi connectivity index (χ1) is 3.88. The molecule has 0 aromatic carbocycles. The molecular formula is C7H13N. The number of hydrogen-bond donors (Lipinski definition) is 1. The van der Waals surface area contributed by atoms with E-state index in [0.29, 0.717) is 5.92 Å². The molecule has 0 aromatic rings. The fourth-order valence-electron chi connectivity index (χ4n) is 1.18. The zero-order valence-electron chi connectivity index (χ0n) is 5.35. The van der Waals surface area contributed by atoms with Crippen LogP contribution in [0.3, 0.4) is 0 Å². The van der Waals surface area contributed by atoms with E-state index in [9.17, 15) is 0 Å². The quantitative estimate of drug-likeness (QED) is 0.539. The second kappa shape index (κ2) is 2.29. The van der Waals surface area contributed by atoms with Crippen LogP contribution in [0, 0.1) is 17.2 Å². The smallest absolute Gasteiger partial charge is 0.00139 e. The average molecular weight is 111 g/mol. The minimum atomic E-state index is 0.662. The third-order valence-corrected chi connectivity index (χ3v) is 1.85. The lowest BCUT2D eigenvalue weighted by atomic mass is 10.2. The summed E-state index contributed by atoms with van der Waals surface area (Å²) in [6.07, 6.45) is 5.51. The van der Waals surface area contributed by atoms with Crippen molar-refractivity contribution in [3.63, 3.8) is 0 Å². The fourth-order valence-corrected chi connectivity index (χ4v) is 1.18. The lowest BCUT2D eigenvalue weighted by Gasteiger charge is -1.87.